The van der Waals surface area contributed by atoms with Gasteiger partial charge in [0.15, 0.2) is 0 Å². The van der Waals surface area contributed by atoms with E-state index in [0.717, 1.165) is 10.3 Å². The maximum absolute atomic E-state index is 12.3. The molecule has 0 fully saturated rings. The molecule has 0 saturated carbocycles. The van der Waals surface area contributed by atoms with Crippen molar-refractivity contribution < 1.29 is 17.0 Å². The molecule has 0 bridgehead atoms. The van der Waals surface area contributed by atoms with E-state index in [1.807, 2.05) is 13.0 Å². The van der Waals surface area contributed by atoms with E-state index >= 15 is 0 Å². The average molecular weight is 363 g/mol. The third kappa shape index (κ3) is 4.07. The summed E-state index contributed by atoms with van der Waals surface area (Å²) >= 11 is 1.31. The highest BCUT2D eigenvalue weighted by Crippen LogP contribution is 2.36. The quantitative estimate of drug-likeness (QED) is 0.447. The van der Waals surface area contributed by atoms with Crippen LogP contribution in [-0.4, -0.2) is 27.8 Å². The number of rotatable bonds is 4. The molecule has 0 spiro atoms. The topological polar surface area (TPSA) is 35.5 Å². The molecule has 0 aliphatic heterocycles. The Morgan fingerprint density at radius 1 is 1.38 bits per heavy atom. The first-order valence-corrected chi connectivity index (χ1v) is 12.2. The fraction of sp³-hybridized carbons (Fsp3) is 0.421. The Kier molecular flexibility index (Phi) is 4.98. The summed E-state index contributed by atoms with van der Waals surface area (Å²) in [5.41, 5.74) is 5.25. The summed E-state index contributed by atoms with van der Waals surface area (Å²) in [5, 5.41) is 0.687. The zero-order chi connectivity index (χ0) is 19.7. The highest BCUT2D eigenvalue weighted by Gasteiger charge is 2.20. The minimum atomic E-state index is -1.96. The predicted octanol–water partition coefficient (Wildman–Crippen LogP) is 4.76. The fourth-order valence-corrected chi connectivity index (χ4v) is 4.00. The van der Waals surface area contributed by atoms with Crippen molar-refractivity contribution in [2.24, 2.45) is 0 Å². The van der Waals surface area contributed by atoms with Gasteiger partial charge in [-0.25, -0.2) is 4.79 Å². The van der Waals surface area contributed by atoms with Gasteiger partial charge >= 0.3 is 5.97 Å². The van der Waals surface area contributed by atoms with Crippen LogP contribution < -0.4 is 0 Å². The molecule has 24 heavy (non-hydrogen) atoms. The van der Waals surface area contributed by atoms with Gasteiger partial charge in [0.2, 0.25) is 0 Å². The van der Waals surface area contributed by atoms with Crippen molar-refractivity contribution in [1.29, 1.82) is 0 Å². The van der Waals surface area contributed by atoms with Gasteiger partial charge in [-0.1, -0.05) is 31.6 Å². The zero-order valence-electron chi connectivity index (χ0n) is 17.0. The van der Waals surface area contributed by atoms with Crippen molar-refractivity contribution in [1.82, 2.24) is 0 Å². The molecule has 1 heterocycles. The number of ether oxygens (including phenoxy) is 2. The summed E-state index contributed by atoms with van der Waals surface area (Å²) < 4.78 is 27.3. The van der Waals surface area contributed by atoms with Crippen LogP contribution in [-0.2, 0) is 16.0 Å². The molecule has 128 valence electrons. The lowest BCUT2D eigenvalue weighted by Crippen LogP contribution is -2.16. The molecule has 0 saturated heterocycles. The third-order valence-corrected chi connectivity index (χ3v) is 5.50. The Labute approximate surface area is 151 Å². The van der Waals surface area contributed by atoms with Gasteiger partial charge in [0.05, 0.1) is 20.6 Å². The molecule has 1 aromatic carbocycles. The summed E-state index contributed by atoms with van der Waals surface area (Å²) in [6.07, 6.45) is 0. The number of carbonyl (C=O) groups excluding carboxylic acids is 1. The van der Waals surface area contributed by atoms with E-state index in [0.29, 0.717) is 28.0 Å². The van der Waals surface area contributed by atoms with Crippen molar-refractivity contribution in [2.45, 2.75) is 40.0 Å². The van der Waals surface area contributed by atoms with Gasteiger partial charge in [0.1, 0.15) is 13.0 Å². The average Bonchev–Trinajstić information content (AvgIpc) is 2.90. The monoisotopic (exact) mass is 362 g/mol. The van der Waals surface area contributed by atoms with Crippen molar-refractivity contribution >= 4 is 35.5 Å². The van der Waals surface area contributed by atoms with E-state index in [1.54, 1.807) is 13.0 Å². The second-order valence-corrected chi connectivity index (χ2v) is 12.2. The third-order valence-electron chi connectivity index (χ3n) is 3.32. The number of aryl methyl sites for hydroxylation is 1. The normalized spacial score (nSPS) is 13.1. The Morgan fingerprint density at radius 3 is 2.67 bits per heavy atom. The van der Waals surface area contributed by atoms with Gasteiger partial charge in [0.25, 0.3) is 0 Å². The van der Waals surface area contributed by atoms with Crippen LogP contribution in [0.4, 0.5) is 0 Å². The van der Waals surface area contributed by atoms with Crippen molar-refractivity contribution in [3.8, 4) is 11.5 Å². The number of benzene rings is 1. The van der Waals surface area contributed by atoms with E-state index in [1.165, 1.54) is 18.4 Å². The van der Waals surface area contributed by atoms with E-state index in [-0.39, 0.29) is 5.97 Å². The number of methoxy groups -OCH3 is 1. The fourth-order valence-electron chi connectivity index (χ4n) is 2.29. The van der Waals surface area contributed by atoms with Crippen LogP contribution in [0.25, 0.3) is 10.1 Å². The molecule has 0 aliphatic carbocycles. The van der Waals surface area contributed by atoms with Crippen LogP contribution in [0.2, 0.25) is 19.6 Å². The lowest BCUT2D eigenvalue weighted by molar-refractivity contribution is 0.0531. The Hall–Kier alpha value is -1.61. The Bertz CT molecular complexity index is 901. The molecule has 0 atom stereocenters. The summed E-state index contributed by atoms with van der Waals surface area (Å²) in [6, 6.07) is 3.52. The molecular formula is C19H24O3SSi. The number of fused-ring (bicyclic) bond motifs is 1. The SMILES string of the molecule is [2H]C([2H])(OC)c1ccc(C#C[Si](C)(C)C)c2sc(C(=O)OCC)c(C)c12. The minimum absolute atomic E-state index is 0.292. The summed E-state index contributed by atoms with van der Waals surface area (Å²) in [4.78, 5) is 12.8. The Morgan fingerprint density at radius 2 is 2.08 bits per heavy atom. The summed E-state index contributed by atoms with van der Waals surface area (Å²) in [5.74, 6) is 2.85. The van der Waals surface area contributed by atoms with E-state index in [2.05, 4.69) is 31.1 Å². The first-order chi connectivity index (χ1) is 12.0. The maximum atomic E-state index is 12.3. The molecule has 0 amide bonds. The minimum Gasteiger partial charge on any atom is -0.462 e. The van der Waals surface area contributed by atoms with E-state index in [4.69, 9.17) is 12.2 Å². The molecule has 2 aromatic rings. The van der Waals surface area contributed by atoms with Crippen LogP contribution >= 0.6 is 11.3 Å². The Balaban J connectivity index is 2.82. The molecule has 5 heteroatoms. The van der Waals surface area contributed by atoms with Crippen molar-refractivity contribution in [3.63, 3.8) is 0 Å². The van der Waals surface area contributed by atoms with Gasteiger partial charge in [-0.2, -0.15) is 0 Å². The van der Waals surface area contributed by atoms with Crippen LogP contribution in [0.3, 0.4) is 0 Å². The number of thiophene rings is 1. The highest BCUT2D eigenvalue weighted by atomic mass is 32.1. The van der Waals surface area contributed by atoms with Crippen molar-refractivity contribution in [3.05, 3.63) is 33.7 Å². The van der Waals surface area contributed by atoms with Crippen LogP contribution in [0.15, 0.2) is 12.1 Å². The van der Waals surface area contributed by atoms with Crippen LogP contribution in [0, 0.1) is 18.4 Å². The van der Waals surface area contributed by atoms with Crippen LogP contribution in [0.1, 0.15) is 36.0 Å². The van der Waals surface area contributed by atoms with E-state index < -0.39 is 14.6 Å². The molecular weight excluding hydrogens is 336 g/mol. The maximum Gasteiger partial charge on any atom is 0.348 e. The van der Waals surface area contributed by atoms with Gasteiger partial charge in [-0.3, -0.25) is 0 Å². The number of esters is 1. The van der Waals surface area contributed by atoms with Gasteiger partial charge in [-0.05, 0) is 31.0 Å². The molecule has 0 radical (unpaired) electrons. The predicted molar refractivity (Wildman–Crippen MR) is 103 cm³/mol. The molecule has 0 unspecified atom stereocenters. The largest absolute Gasteiger partial charge is 0.462 e. The second kappa shape index (κ2) is 7.52. The highest BCUT2D eigenvalue weighted by molar-refractivity contribution is 7.21. The summed E-state index contributed by atoms with van der Waals surface area (Å²) in [6.45, 7) is 8.41. The number of hydrogen-bond acceptors (Lipinski definition) is 4. The second-order valence-electron chi connectivity index (χ2n) is 6.45. The summed E-state index contributed by atoms with van der Waals surface area (Å²) in [7, 11) is -0.241. The molecule has 2 rings (SSSR count). The molecule has 1 aromatic heterocycles. The molecule has 0 aliphatic rings. The van der Waals surface area contributed by atoms with E-state index in [9.17, 15) is 4.79 Å². The van der Waals surface area contributed by atoms with Gasteiger partial charge < -0.3 is 9.47 Å². The first kappa shape index (κ1) is 15.9. The zero-order valence-corrected chi connectivity index (χ0v) is 16.8. The lowest BCUT2D eigenvalue weighted by Gasteiger charge is -2.06. The smallest absolute Gasteiger partial charge is 0.348 e. The van der Waals surface area contributed by atoms with Gasteiger partial charge in [0, 0.05) is 18.1 Å². The molecule has 3 nitrogen and oxygen atoms in total. The lowest BCUT2D eigenvalue weighted by atomic mass is 10.0. The molecule has 0 N–H and O–H groups in total. The first-order valence-electron chi connectivity index (χ1n) is 8.84. The van der Waals surface area contributed by atoms with Crippen molar-refractivity contribution in [2.75, 3.05) is 13.7 Å². The number of hydrogen-bond donors (Lipinski definition) is 0. The standard InChI is InChI=1S/C19H24O3SSi/c1-7-22-19(20)17-13(2)16-15(12-21-3)9-8-14(18(16)23-17)10-11-24(4,5)6/h8-9H,7,12H2,1-6H3/i12D2. The van der Waals surface area contributed by atoms with Crippen LogP contribution in [0.5, 0.6) is 0 Å². The number of carbonyl (C=O) groups is 1. The van der Waals surface area contributed by atoms with Gasteiger partial charge in [-0.15, -0.1) is 16.9 Å².